The van der Waals surface area contributed by atoms with Crippen LogP contribution in [0.2, 0.25) is 0 Å². The number of aryl methyl sites for hydroxylation is 1. The van der Waals surface area contributed by atoms with Crippen molar-refractivity contribution in [1.29, 1.82) is 0 Å². The van der Waals surface area contributed by atoms with Gasteiger partial charge in [-0.05, 0) is 32.4 Å². The highest BCUT2D eigenvalue weighted by molar-refractivity contribution is 7.16. The third-order valence-corrected chi connectivity index (χ3v) is 6.28. The summed E-state index contributed by atoms with van der Waals surface area (Å²) in [6.45, 7) is 10.1. The highest BCUT2D eigenvalue weighted by Crippen LogP contribution is 2.31. The van der Waals surface area contributed by atoms with Gasteiger partial charge in [-0.2, -0.15) is 13.2 Å². The first-order chi connectivity index (χ1) is 14.1. The van der Waals surface area contributed by atoms with Gasteiger partial charge in [0, 0.05) is 38.6 Å². The maximum Gasteiger partial charge on any atom is 0.416 e. The average molecular weight is 441 g/mol. The van der Waals surface area contributed by atoms with Crippen LogP contribution in [-0.2, 0) is 17.4 Å². The molecule has 0 aliphatic carbocycles. The minimum absolute atomic E-state index is 0.0923. The molecule has 2 aromatic rings. The molecular weight excluding hydrogens is 413 g/mol. The molecule has 1 amide bonds. The second-order valence-electron chi connectivity index (χ2n) is 7.85. The summed E-state index contributed by atoms with van der Waals surface area (Å²) in [5, 5.41) is 4.24. The van der Waals surface area contributed by atoms with E-state index in [9.17, 15) is 18.0 Å². The first-order valence-electron chi connectivity index (χ1n) is 10.0. The van der Waals surface area contributed by atoms with Crippen molar-refractivity contribution in [1.82, 2.24) is 14.8 Å². The number of nitrogens with zero attached hydrogens (tertiary/aromatic N) is 3. The number of benzene rings is 1. The van der Waals surface area contributed by atoms with Gasteiger partial charge in [0.05, 0.1) is 22.8 Å². The van der Waals surface area contributed by atoms with Crippen LogP contribution in [0.5, 0.6) is 0 Å². The Balaban J connectivity index is 1.57. The molecule has 30 heavy (non-hydrogen) atoms. The Morgan fingerprint density at radius 3 is 2.57 bits per heavy atom. The Hall–Kier alpha value is -1.97. The van der Waals surface area contributed by atoms with Gasteiger partial charge in [-0.25, -0.2) is 4.98 Å². The lowest BCUT2D eigenvalue weighted by atomic mass is 10.1. The summed E-state index contributed by atoms with van der Waals surface area (Å²) in [4.78, 5) is 21.4. The van der Waals surface area contributed by atoms with Crippen LogP contribution in [0.1, 0.15) is 35.7 Å². The molecule has 0 bridgehead atoms. The summed E-state index contributed by atoms with van der Waals surface area (Å²) in [6, 6.07) is 5.77. The van der Waals surface area contributed by atoms with E-state index in [-0.39, 0.29) is 5.91 Å². The van der Waals surface area contributed by atoms with E-state index < -0.39 is 11.7 Å². The highest BCUT2D eigenvalue weighted by atomic mass is 32.1. The Kier molecular flexibility index (Phi) is 7.15. The number of halogens is 3. The molecule has 1 saturated heterocycles. The van der Waals surface area contributed by atoms with E-state index in [1.807, 2.05) is 0 Å². The van der Waals surface area contributed by atoms with Gasteiger partial charge in [0.1, 0.15) is 5.00 Å². The lowest BCUT2D eigenvalue weighted by molar-refractivity contribution is -0.137. The van der Waals surface area contributed by atoms with Crippen molar-refractivity contribution >= 4 is 22.2 Å². The van der Waals surface area contributed by atoms with E-state index in [0.29, 0.717) is 40.3 Å². The van der Waals surface area contributed by atoms with Crippen molar-refractivity contribution in [2.75, 3.05) is 38.0 Å². The lowest BCUT2D eigenvalue weighted by Gasteiger charge is -2.36. The van der Waals surface area contributed by atoms with Crippen LogP contribution in [0.15, 0.2) is 24.3 Å². The molecule has 2 heterocycles. The number of rotatable bonds is 6. The maximum atomic E-state index is 12.9. The van der Waals surface area contributed by atoms with Crippen LogP contribution in [0.4, 0.5) is 18.2 Å². The number of amides is 1. The molecule has 5 nitrogen and oxygen atoms in total. The molecule has 1 aromatic heterocycles. The number of carbonyl (C=O) groups excluding carboxylic acids is 1. The number of piperazine rings is 1. The van der Waals surface area contributed by atoms with Gasteiger partial charge < -0.3 is 5.32 Å². The smallest absolute Gasteiger partial charge is 0.315 e. The van der Waals surface area contributed by atoms with Crippen LogP contribution in [-0.4, -0.2) is 59.5 Å². The number of aromatic nitrogens is 1. The summed E-state index contributed by atoms with van der Waals surface area (Å²) in [5.41, 5.74) is 0.554. The summed E-state index contributed by atoms with van der Waals surface area (Å²) >= 11 is 1.31. The van der Waals surface area contributed by atoms with E-state index in [1.54, 1.807) is 13.0 Å². The molecule has 0 radical (unpaired) electrons. The van der Waals surface area contributed by atoms with E-state index in [2.05, 4.69) is 33.9 Å². The van der Waals surface area contributed by atoms with Crippen LogP contribution in [0, 0.1) is 6.92 Å². The number of thiazole rings is 1. The van der Waals surface area contributed by atoms with Gasteiger partial charge in [0.15, 0.2) is 0 Å². The molecule has 1 fully saturated rings. The molecule has 0 unspecified atom stereocenters. The number of nitrogens with one attached hydrogen (secondary N) is 1. The molecule has 1 aliphatic heterocycles. The minimum Gasteiger partial charge on any atom is -0.315 e. The van der Waals surface area contributed by atoms with Crippen molar-refractivity contribution in [3.63, 3.8) is 0 Å². The van der Waals surface area contributed by atoms with Gasteiger partial charge in [0.25, 0.3) is 0 Å². The van der Waals surface area contributed by atoms with Crippen LogP contribution < -0.4 is 5.32 Å². The monoisotopic (exact) mass is 440 g/mol. The summed E-state index contributed by atoms with van der Waals surface area (Å²) in [5.74, 6) is -0.0923. The average Bonchev–Trinajstić information content (AvgIpc) is 3.00. The Morgan fingerprint density at radius 2 is 1.93 bits per heavy atom. The molecule has 0 spiro atoms. The first-order valence-corrected chi connectivity index (χ1v) is 10.8. The molecule has 1 aliphatic rings. The standard InChI is InChI=1S/C21H27F3N4OS/c1-14(2)28-9-7-27(8-10-28)13-18(29)26-20-15(3)25-19(30-20)12-16-5-4-6-17(11-16)21(22,23)24/h4-6,11,14H,7-10,12-13H2,1-3H3,(H,26,29). The number of carbonyl (C=O) groups is 1. The fourth-order valence-electron chi connectivity index (χ4n) is 3.48. The highest BCUT2D eigenvalue weighted by Gasteiger charge is 2.30. The largest absolute Gasteiger partial charge is 0.416 e. The predicted octanol–water partition coefficient (Wildman–Crippen LogP) is 4.03. The number of anilines is 1. The van der Waals surface area contributed by atoms with Crippen molar-refractivity contribution in [2.45, 2.75) is 39.4 Å². The van der Waals surface area contributed by atoms with E-state index in [1.165, 1.54) is 17.4 Å². The first kappa shape index (κ1) is 22.7. The topological polar surface area (TPSA) is 48.5 Å². The number of alkyl halides is 3. The predicted molar refractivity (Wildman–Crippen MR) is 113 cm³/mol. The summed E-state index contributed by atoms with van der Waals surface area (Å²) in [7, 11) is 0. The molecule has 0 saturated carbocycles. The van der Waals surface area contributed by atoms with Crippen LogP contribution in [0.25, 0.3) is 0 Å². The van der Waals surface area contributed by atoms with E-state index >= 15 is 0 Å². The van der Waals surface area contributed by atoms with Crippen molar-refractivity contribution in [3.8, 4) is 0 Å². The van der Waals surface area contributed by atoms with Gasteiger partial charge in [-0.15, -0.1) is 11.3 Å². The molecule has 1 aromatic carbocycles. The van der Waals surface area contributed by atoms with Gasteiger partial charge >= 0.3 is 6.18 Å². The van der Waals surface area contributed by atoms with Crippen LogP contribution >= 0.6 is 11.3 Å². The van der Waals surface area contributed by atoms with Gasteiger partial charge in [-0.1, -0.05) is 18.2 Å². The quantitative estimate of drug-likeness (QED) is 0.737. The van der Waals surface area contributed by atoms with Crippen molar-refractivity contribution in [3.05, 3.63) is 46.1 Å². The number of hydrogen-bond acceptors (Lipinski definition) is 5. The zero-order chi connectivity index (χ0) is 21.9. The van der Waals surface area contributed by atoms with Crippen LogP contribution in [0.3, 0.4) is 0 Å². The van der Waals surface area contributed by atoms with Crippen molar-refractivity contribution < 1.29 is 18.0 Å². The fraction of sp³-hybridized carbons (Fsp3) is 0.524. The second kappa shape index (κ2) is 9.45. The third-order valence-electron chi connectivity index (χ3n) is 5.21. The minimum atomic E-state index is -4.37. The SMILES string of the molecule is Cc1nc(Cc2cccc(C(F)(F)F)c2)sc1NC(=O)CN1CCN(C(C)C)CC1. The molecule has 1 N–H and O–H groups in total. The van der Waals surface area contributed by atoms with E-state index in [4.69, 9.17) is 0 Å². The van der Waals surface area contributed by atoms with Crippen molar-refractivity contribution in [2.24, 2.45) is 0 Å². The Bertz CT molecular complexity index is 873. The fourth-order valence-corrected chi connectivity index (χ4v) is 4.50. The molecule has 3 rings (SSSR count). The second-order valence-corrected chi connectivity index (χ2v) is 8.93. The zero-order valence-electron chi connectivity index (χ0n) is 17.4. The third kappa shape index (κ3) is 6.02. The molecule has 9 heteroatoms. The van der Waals surface area contributed by atoms with E-state index in [0.717, 1.165) is 38.3 Å². The van der Waals surface area contributed by atoms with Gasteiger partial charge in [0.2, 0.25) is 5.91 Å². The Labute approximate surface area is 178 Å². The molecular formula is C21H27F3N4OS. The van der Waals surface area contributed by atoms with Gasteiger partial charge in [-0.3, -0.25) is 14.6 Å². The zero-order valence-corrected chi connectivity index (χ0v) is 18.2. The molecule has 0 atom stereocenters. The number of hydrogen-bond donors (Lipinski definition) is 1. The summed E-state index contributed by atoms with van der Waals surface area (Å²) < 4.78 is 38.7. The molecule has 164 valence electrons. The lowest BCUT2D eigenvalue weighted by Crippen LogP contribution is -2.50. The Morgan fingerprint density at radius 1 is 1.23 bits per heavy atom. The normalized spacial score (nSPS) is 16.2. The maximum absolute atomic E-state index is 12.9. The summed E-state index contributed by atoms with van der Waals surface area (Å²) in [6.07, 6.45) is -4.07.